The van der Waals surface area contributed by atoms with Gasteiger partial charge >= 0.3 is 0 Å². The third-order valence-electron chi connectivity index (χ3n) is 3.14. The molecule has 0 bridgehead atoms. The summed E-state index contributed by atoms with van der Waals surface area (Å²) in [6.07, 6.45) is 1.35. The molecule has 2 N–H and O–H groups in total. The number of rotatable bonds is 4. The van der Waals surface area contributed by atoms with Gasteiger partial charge < -0.3 is 10.6 Å². The highest BCUT2D eigenvalue weighted by Gasteiger charge is 2.21. The summed E-state index contributed by atoms with van der Waals surface area (Å²) in [5.41, 5.74) is 0.567. The van der Waals surface area contributed by atoms with Crippen molar-refractivity contribution in [2.75, 3.05) is 6.54 Å². The number of amides is 1. The lowest BCUT2D eigenvalue weighted by atomic mass is 10.1. The number of carbonyl (C=O) groups is 1. The molecule has 5 heteroatoms. The van der Waals surface area contributed by atoms with Crippen molar-refractivity contribution in [3.63, 3.8) is 0 Å². The first kappa shape index (κ1) is 13.0. The number of benzene rings is 1. The van der Waals surface area contributed by atoms with Gasteiger partial charge in [-0.2, -0.15) is 0 Å². The van der Waals surface area contributed by atoms with E-state index in [0.717, 1.165) is 12.5 Å². The fraction of sp³-hybridized carbons (Fsp3) is 0.462. The van der Waals surface area contributed by atoms with Crippen molar-refractivity contribution in [1.82, 2.24) is 10.6 Å². The van der Waals surface area contributed by atoms with Crippen LogP contribution in [0, 0.1) is 11.6 Å². The molecule has 1 aliphatic heterocycles. The highest BCUT2D eigenvalue weighted by Crippen LogP contribution is 2.16. The Balaban J connectivity index is 1.91. The summed E-state index contributed by atoms with van der Waals surface area (Å²) < 4.78 is 26.1. The fourth-order valence-electron chi connectivity index (χ4n) is 2.09. The molecule has 0 saturated carbocycles. The van der Waals surface area contributed by atoms with Crippen LogP contribution in [0.4, 0.5) is 8.78 Å². The van der Waals surface area contributed by atoms with Gasteiger partial charge in [-0.1, -0.05) is 0 Å². The maximum atomic E-state index is 13.1. The lowest BCUT2D eigenvalue weighted by Crippen LogP contribution is -2.36. The van der Waals surface area contributed by atoms with Crippen LogP contribution in [0.2, 0.25) is 0 Å². The van der Waals surface area contributed by atoms with Gasteiger partial charge in [0.2, 0.25) is 5.91 Å². The molecule has 0 aromatic heterocycles. The largest absolute Gasteiger partial charge is 0.352 e. The van der Waals surface area contributed by atoms with Crippen LogP contribution in [-0.4, -0.2) is 18.5 Å². The number of hydrogen-bond donors (Lipinski definition) is 2. The summed E-state index contributed by atoms with van der Waals surface area (Å²) >= 11 is 0. The van der Waals surface area contributed by atoms with E-state index in [4.69, 9.17) is 0 Å². The second-order valence-corrected chi connectivity index (χ2v) is 4.64. The van der Waals surface area contributed by atoms with E-state index in [0.29, 0.717) is 18.5 Å². The third kappa shape index (κ3) is 3.26. The van der Waals surface area contributed by atoms with E-state index >= 15 is 0 Å². The van der Waals surface area contributed by atoms with Crippen molar-refractivity contribution >= 4 is 5.91 Å². The predicted octanol–water partition coefficient (Wildman–Crippen LogP) is 1.89. The number of hydrogen-bond acceptors (Lipinski definition) is 2. The van der Waals surface area contributed by atoms with E-state index in [1.807, 2.05) is 6.92 Å². The molecule has 2 rings (SSSR count). The van der Waals surface area contributed by atoms with Gasteiger partial charge in [0.1, 0.15) is 11.6 Å². The molecular weight excluding hydrogens is 238 g/mol. The lowest BCUT2D eigenvalue weighted by Gasteiger charge is -2.17. The van der Waals surface area contributed by atoms with Gasteiger partial charge in [-0.25, -0.2) is 8.78 Å². The Morgan fingerprint density at radius 2 is 2.06 bits per heavy atom. The summed E-state index contributed by atoms with van der Waals surface area (Å²) in [6, 6.07) is 3.43. The number of halogens is 2. The van der Waals surface area contributed by atoms with Crippen LogP contribution in [0.15, 0.2) is 18.2 Å². The molecule has 1 heterocycles. The van der Waals surface area contributed by atoms with Crippen LogP contribution >= 0.6 is 0 Å². The Labute approximate surface area is 105 Å². The normalized spacial score (nSPS) is 20.8. The molecule has 2 unspecified atom stereocenters. The zero-order chi connectivity index (χ0) is 13.1. The van der Waals surface area contributed by atoms with Crippen molar-refractivity contribution in [1.29, 1.82) is 0 Å². The van der Waals surface area contributed by atoms with E-state index in [-0.39, 0.29) is 18.0 Å². The highest BCUT2D eigenvalue weighted by atomic mass is 19.1. The van der Waals surface area contributed by atoms with Crippen LogP contribution in [0.3, 0.4) is 0 Å². The molecule has 1 fully saturated rings. The van der Waals surface area contributed by atoms with Crippen LogP contribution in [0.25, 0.3) is 0 Å². The zero-order valence-electron chi connectivity index (χ0n) is 10.2. The fourth-order valence-corrected chi connectivity index (χ4v) is 2.09. The molecule has 98 valence electrons. The summed E-state index contributed by atoms with van der Waals surface area (Å²) in [6.45, 7) is 2.44. The minimum Gasteiger partial charge on any atom is -0.352 e. The number of nitrogens with one attached hydrogen (secondary N) is 2. The first-order valence-corrected chi connectivity index (χ1v) is 6.03. The average Bonchev–Trinajstić information content (AvgIpc) is 2.70. The van der Waals surface area contributed by atoms with Gasteiger partial charge in [-0.15, -0.1) is 0 Å². The van der Waals surface area contributed by atoms with Gasteiger partial charge in [0, 0.05) is 31.1 Å². The summed E-state index contributed by atoms with van der Waals surface area (Å²) in [5.74, 6) is -1.09. The van der Waals surface area contributed by atoms with Crippen molar-refractivity contribution in [3.8, 4) is 0 Å². The van der Waals surface area contributed by atoms with Crippen molar-refractivity contribution in [2.45, 2.75) is 31.8 Å². The Morgan fingerprint density at radius 1 is 1.39 bits per heavy atom. The molecule has 1 aromatic carbocycles. The molecule has 3 nitrogen and oxygen atoms in total. The Morgan fingerprint density at radius 3 is 2.61 bits per heavy atom. The molecule has 0 spiro atoms. The van der Waals surface area contributed by atoms with E-state index in [1.54, 1.807) is 0 Å². The molecular formula is C13H16F2N2O. The topological polar surface area (TPSA) is 41.1 Å². The van der Waals surface area contributed by atoms with E-state index < -0.39 is 11.6 Å². The first-order chi connectivity index (χ1) is 8.54. The Hall–Kier alpha value is -1.49. The maximum absolute atomic E-state index is 13.1. The smallest absolute Gasteiger partial charge is 0.220 e. The van der Waals surface area contributed by atoms with Crippen molar-refractivity contribution in [2.24, 2.45) is 0 Å². The monoisotopic (exact) mass is 254 g/mol. The molecule has 1 aliphatic rings. The van der Waals surface area contributed by atoms with E-state index in [1.165, 1.54) is 12.1 Å². The Kier molecular flexibility index (Phi) is 3.91. The van der Waals surface area contributed by atoms with Gasteiger partial charge in [-0.05, 0) is 31.0 Å². The quantitative estimate of drug-likeness (QED) is 0.861. The first-order valence-electron chi connectivity index (χ1n) is 6.03. The second kappa shape index (κ2) is 5.44. The van der Waals surface area contributed by atoms with E-state index in [9.17, 15) is 13.6 Å². The highest BCUT2D eigenvalue weighted by molar-refractivity contribution is 5.78. The summed E-state index contributed by atoms with van der Waals surface area (Å²) in [7, 11) is 0. The molecule has 1 saturated heterocycles. The predicted molar refractivity (Wildman–Crippen MR) is 63.9 cm³/mol. The standard InChI is InChI=1S/C13H16F2N2O/c1-8(9-4-10(14)6-11(15)5-9)16-7-12-2-3-13(18)17-12/h4-6,8,12,16H,2-3,7H2,1H3,(H,17,18). The van der Waals surface area contributed by atoms with Crippen LogP contribution in [-0.2, 0) is 4.79 Å². The minimum absolute atomic E-state index is 0.0613. The SMILES string of the molecule is CC(NCC1CCC(=O)N1)c1cc(F)cc(F)c1. The van der Waals surface area contributed by atoms with Gasteiger partial charge in [0.15, 0.2) is 0 Å². The third-order valence-corrected chi connectivity index (χ3v) is 3.14. The van der Waals surface area contributed by atoms with Crippen LogP contribution in [0.5, 0.6) is 0 Å². The Bertz CT molecular complexity index is 430. The lowest BCUT2D eigenvalue weighted by molar-refractivity contribution is -0.119. The summed E-state index contributed by atoms with van der Waals surface area (Å²) in [5, 5.41) is 6.00. The number of carbonyl (C=O) groups excluding carboxylic acids is 1. The van der Waals surface area contributed by atoms with Gasteiger partial charge in [-0.3, -0.25) is 4.79 Å². The van der Waals surface area contributed by atoms with Crippen molar-refractivity contribution < 1.29 is 13.6 Å². The molecule has 1 amide bonds. The molecule has 0 radical (unpaired) electrons. The molecule has 1 aromatic rings. The zero-order valence-corrected chi connectivity index (χ0v) is 10.2. The summed E-state index contributed by atoms with van der Waals surface area (Å²) in [4.78, 5) is 11.0. The van der Waals surface area contributed by atoms with Crippen LogP contribution < -0.4 is 10.6 Å². The van der Waals surface area contributed by atoms with Crippen molar-refractivity contribution in [3.05, 3.63) is 35.4 Å². The second-order valence-electron chi connectivity index (χ2n) is 4.64. The van der Waals surface area contributed by atoms with Gasteiger partial charge in [0.25, 0.3) is 0 Å². The molecule has 2 atom stereocenters. The van der Waals surface area contributed by atoms with Crippen LogP contribution in [0.1, 0.15) is 31.4 Å². The molecule has 18 heavy (non-hydrogen) atoms. The molecule has 0 aliphatic carbocycles. The average molecular weight is 254 g/mol. The maximum Gasteiger partial charge on any atom is 0.220 e. The van der Waals surface area contributed by atoms with Gasteiger partial charge in [0.05, 0.1) is 0 Å². The van der Waals surface area contributed by atoms with E-state index in [2.05, 4.69) is 10.6 Å². The minimum atomic E-state index is -0.576.